The first kappa shape index (κ1) is 20.8. The second kappa shape index (κ2) is 10.0. The lowest BCUT2D eigenvalue weighted by atomic mass is 10.1. The van der Waals surface area contributed by atoms with Gasteiger partial charge in [-0.3, -0.25) is 9.78 Å². The van der Waals surface area contributed by atoms with Gasteiger partial charge in [-0.1, -0.05) is 73.7 Å². The lowest BCUT2D eigenvalue weighted by Gasteiger charge is -2.35. The molecule has 4 aromatic rings. The van der Waals surface area contributed by atoms with Gasteiger partial charge in [0.25, 0.3) is 5.91 Å². The molecule has 0 fully saturated rings. The Hall–Kier alpha value is -3.50. The van der Waals surface area contributed by atoms with Crippen LogP contribution in [0.4, 0.5) is 5.69 Å². The van der Waals surface area contributed by atoms with Gasteiger partial charge >= 0.3 is 0 Å². The van der Waals surface area contributed by atoms with Gasteiger partial charge in [-0.2, -0.15) is 0 Å². The van der Waals surface area contributed by atoms with E-state index in [0.717, 1.165) is 42.5 Å². The van der Waals surface area contributed by atoms with E-state index in [-0.39, 0.29) is 5.91 Å². The van der Waals surface area contributed by atoms with Crippen LogP contribution >= 0.6 is 0 Å². The molecule has 1 amide bonds. The molecule has 0 aliphatic carbocycles. The third-order valence-electron chi connectivity index (χ3n) is 5.30. The number of hydrazine groups is 1. The summed E-state index contributed by atoms with van der Waals surface area (Å²) in [4.78, 5) is 18.3. The van der Waals surface area contributed by atoms with Crippen LogP contribution in [0.15, 0.2) is 97.2 Å². The second-order valence-electron chi connectivity index (χ2n) is 7.56. The molecule has 4 nitrogen and oxygen atoms in total. The number of para-hydroxylation sites is 1. The van der Waals surface area contributed by atoms with E-state index in [1.165, 1.54) is 5.56 Å². The first-order valence-corrected chi connectivity index (χ1v) is 10.8. The summed E-state index contributed by atoms with van der Waals surface area (Å²) in [7, 11) is 0. The molecule has 0 N–H and O–H groups in total. The highest BCUT2D eigenvalue weighted by molar-refractivity contribution is 6.06. The van der Waals surface area contributed by atoms with Crippen LogP contribution in [0.2, 0.25) is 0 Å². The Morgan fingerprint density at radius 2 is 1.52 bits per heavy atom. The van der Waals surface area contributed by atoms with E-state index in [0.29, 0.717) is 5.56 Å². The number of carbonyl (C=O) groups is 1. The number of nitrogens with zero attached hydrogens (tertiary/aromatic N) is 3. The molecule has 3 aromatic carbocycles. The fourth-order valence-corrected chi connectivity index (χ4v) is 3.76. The van der Waals surface area contributed by atoms with Crippen LogP contribution in [-0.4, -0.2) is 29.0 Å². The SMILES string of the molecule is CCCN(CCc1ccccc1)N(C(=O)c1ccccc1)c1cnc2ccccc2c1. The number of amides is 1. The lowest BCUT2D eigenvalue weighted by molar-refractivity contribution is 0.0894. The normalized spacial score (nSPS) is 11.0. The third-order valence-corrected chi connectivity index (χ3v) is 5.30. The summed E-state index contributed by atoms with van der Waals surface area (Å²) in [5, 5.41) is 4.97. The fraction of sp³-hybridized carbons (Fsp3) is 0.185. The Labute approximate surface area is 183 Å². The Morgan fingerprint density at radius 3 is 2.26 bits per heavy atom. The van der Waals surface area contributed by atoms with Gasteiger partial charge in [0, 0.05) is 24.0 Å². The summed E-state index contributed by atoms with van der Waals surface area (Å²) in [5.41, 5.74) is 3.63. The van der Waals surface area contributed by atoms with Crippen molar-refractivity contribution < 1.29 is 4.79 Å². The smallest absolute Gasteiger partial charge is 0.267 e. The van der Waals surface area contributed by atoms with Crippen molar-refractivity contribution in [1.82, 2.24) is 9.99 Å². The van der Waals surface area contributed by atoms with E-state index in [9.17, 15) is 4.79 Å². The van der Waals surface area contributed by atoms with Crippen LogP contribution < -0.4 is 5.01 Å². The zero-order valence-corrected chi connectivity index (χ0v) is 17.8. The molecule has 0 unspecified atom stereocenters. The summed E-state index contributed by atoms with van der Waals surface area (Å²) in [6.07, 6.45) is 3.60. The van der Waals surface area contributed by atoms with E-state index in [2.05, 4.69) is 41.2 Å². The van der Waals surface area contributed by atoms with Crippen LogP contribution in [0.3, 0.4) is 0 Å². The van der Waals surface area contributed by atoms with Gasteiger partial charge in [-0.15, -0.1) is 0 Å². The van der Waals surface area contributed by atoms with Crippen LogP contribution in [0.25, 0.3) is 10.9 Å². The molecule has 0 spiro atoms. The van der Waals surface area contributed by atoms with Gasteiger partial charge in [0.1, 0.15) is 0 Å². The molecular formula is C27H27N3O. The number of benzene rings is 3. The lowest BCUT2D eigenvalue weighted by Crippen LogP contribution is -2.48. The first-order chi connectivity index (χ1) is 15.3. The predicted octanol–water partition coefficient (Wildman–Crippen LogP) is 5.75. The van der Waals surface area contributed by atoms with Gasteiger partial charge in [0.15, 0.2) is 0 Å². The molecule has 0 radical (unpaired) electrons. The van der Waals surface area contributed by atoms with Crippen molar-refractivity contribution in [2.45, 2.75) is 19.8 Å². The minimum Gasteiger partial charge on any atom is -0.267 e. The largest absolute Gasteiger partial charge is 0.272 e. The van der Waals surface area contributed by atoms with Crippen molar-refractivity contribution >= 4 is 22.5 Å². The molecule has 156 valence electrons. The van der Waals surface area contributed by atoms with Crippen molar-refractivity contribution in [3.05, 3.63) is 108 Å². The fourth-order valence-electron chi connectivity index (χ4n) is 3.76. The number of anilines is 1. The average Bonchev–Trinajstić information content (AvgIpc) is 2.83. The molecule has 0 atom stereocenters. The molecule has 31 heavy (non-hydrogen) atoms. The molecule has 1 aromatic heterocycles. The molecule has 1 heterocycles. The van der Waals surface area contributed by atoms with Crippen molar-refractivity contribution in [2.24, 2.45) is 0 Å². The monoisotopic (exact) mass is 409 g/mol. The molecule has 0 saturated carbocycles. The van der Waals surface area contributed by atoms with Gasteiger partial charge < -0.3 is 0 Å². The Kier molecular flexibility index (Phi) is 6.70. The predicted molar refractivity (Wildman–Crippen MR) is 127 cm³/mol. The highest BCUT2D eigenvalue weighted by atomic mass is 16.2. The van der Waals surface area contributed by atoms with Crippen LogP contribution in [0.5, 0.6) is 0 Å². The van der Waals surface area contributed by atoms with E-state index in [1.807, 2.05) is 66.7 Å². The van der Waals surface area contributed by atoms with Crippen molar-refractivity contribution in [3.8, 4) is 0 Å². The maximum atomic E-state index is 13.7. The summed E-state index contributed by atoms with van der Waals surface area (Å²) >= 11 is 0. The zero-order valence-electron chi connectivity index (χ0n) is 17.8. The third kappa shape index (κ3) is 4.98. The zero-order chi connectivity index (χ0) is 21.5. The van der Waals surface area contributed by atoms with Crippen molar-refractivity contribution in [1.29, 1.82) is 0 Å². The summed E-state index contributed by atoms with van der Waals surface area (Å²) in [6, 6.07) is 29.9. The molecule has 4 rings (SSSR count). The summed E-state index contributed by atoms with van der Waals surface area (Å²) in [6.45, 7) is 3.65. The minimum absolute atomic E-state index is 0.0424. The standard InChI is InChI=1S/C27H27N3O/c1-2-18-29(19-17-22-11-5-3-6-12-22)30(27(31)23-13-7-4-8-14-23)25-20-24-15-9-10-16-26(24)28-21-25/h3-16,20-21H,2,17-19H2,1H3. The van der Waals surface area contributed by atoms with Crippen molar-refractivity contribution in [3.63, 3.8) is 0 Å². The summed E-state index contributed by atoms with van der Waals surface area (Å²) < 4.78 is 0. The molecular weight excluding hydrogens is 382 g/mol. The van der Waals surface area contributed by atoms with Gasteiger partial charge in [0.2, 0.25) is 0 Å². The Balaban J connectivity index is 1.72. The van der Waals surface area contributed by atoms with E-state index in [4.69, 9.17) is 0 Å². The number of hydrogen-bond donors (Lipinski definition) is 0. The summed E-state index contributed by atoms with van der Waals surface area (Å²) in [5.74, 6) is -0.0424. The number of hydrogen-bond acceptors (Lipinski definition) is 3. The maximum absolute atomic E-state index is 13.7. The van der Waals surface area contributed by atoms with E-state index < -0.39 is 0 Å². The number of carbonyl (C=O) groups excluding carboxylic acids is 1. The van der Waals surface area contributed by atoms with Crippen LogP contribution in [-0.2, 0) is 6.42 Å². The number of rotatable bonds is 8. The Morgan fingerprint density at radius 1 is 0.839 bits per heavy atom. The van der Waals surface area contributed by atoms with Gasteiger partial charge in [0.05, 0.1) is 17.4 Å². The van der Waals surface area contributed by atoms with E-state index in [1.54, 1.807) is 11.2 Å². The number of fused-ring (bicyclic) bond motifs is 1. The van der Waals surface area contributed by atoms with E-state index >= 15 is 0 Å². The second-order valence-corrected chi connectivity index (χ2v) is 7.56. The molecule has 0 aliphatic rings. The van der Waals surface area contributed by atoms with Crippen LogP contribution in [0.1, 0.15) is 29.3 Å². The number of aromatic nitrogens is 1. The van der Waals surface area contributed by atoms with Crippen LogP contribution in [0, 0.1) is 0 Å². The maximum Gasteiger partial charge on any atom is 0.272 e. The quantitative estimate of drug-likeness (QED) is 0.348. The minimum atomic E-state index is -0.0424. The highest BCUT2D eigenvalue weighted by Crippen LogP contribution is 2.24. The average molecular weight is 410 g/mol. The highest BCUT2D eigenvalue weighted by Gasteiger charge is 2.24. The number of pyridine rings is 1. The van der Waals surface area contributed by atoms with Gasteiger partial charge in [-0.25, -0.2) is 10.0 Å². The molecule has 0 bridgehead atoms. The topological polar surface area (TPSA) is 36.4 Å². The Bertz CT molecular complexity index is 1130. The van der Waals surface area contributed by atoms with Gasteiger partial charge in [-0.05, 0) is 42.7 Å². The first-order valence-electron chi connectivity index (χ1n) is 10.8. The molecule has 0 aliphatic heterocycles. The molecule has 4 heteroatoms. The molecule has 0 saturated heterocycles. The van der Waals surface area contributed by atoms with Crippen molar-refractivity contribution in [2.75, 3.05) is 18.1 Å².